The molecular weight excluding hydrogens is 328 g/mol. The van der Waals surface area contributed by atoms with E-state index in [1.165, 1.54) is 0 Å². The van der Waals surface area contributed by atoms with Crippen molar-refractivity contribution in [3.63, 3.8) is 0 Å². The van der Waals surface area contributed by atoms with Crippen molar-refractivity contribution in [3.05, 3.63) is 27.7 Å². The average Bonchev–Trinajstić information content (AvgIpc) is 2.15. The first-order chi connectivity index (χ1) is 7.27. The summed E-state index contributed by atoms with van der Waals surface area (Å²) >= 11 is 2.80. The summed E-state index contributed by atoms with van der Waals surface area (Å²) in [6, 6.07) is 3.26. The van der Waals surface area contributed by atoms with Crippen molar-refractivity contribution in [2.75, 3.05) is 0 Å². The molecule has 0 spiro atoms. The molecule has 0 radical (unpaired) electrons. The lowest BCUT2D eigenvalue weighted by molar-refractivity contribution is 0.150. The van der Waals surface area contributed by atoms with Gasteiger partial charge in [-0.25, -0.2) is 17.2 Å². The van der Waals surface area contributed by atoms with E-state index < -0.39 is 25.9 Å². The SMILES string of the molecule is N#Cc1cc(S(=O)(=O)Cl)cc(C(F)F)c1Br. The van der Waals surface area contributed by atoms with Crippen LogP contribution in [0.5, 0.6) is 0 Å². The van der Waals surface area contributed by atoms with Crippen LogP contribution in [0.3, 0.4) is 0 Å². The molecule has 0 unspecified atom stereocenters. The van der Waals surface area contributed by atoms with E-state index in [1.54, 1.807) is 6.07 Å². The van der Waals surface area contributed by atoms with Gasteiger partial charge >= 0.3 is 0 Å². The van der Waals surface area contributed by atoms with Crippen LogP contribution in [0.2, 0.25) is 0 Å². The Kier molecular flexibility index (Phi) is 3.88. The lowest BCUT2D eigenvalue weighted by Crippen LogP contribution is -1.97. The molecule has 0 saturated heterocycles. The first-order valence-electron chi connectivity index (χ1n) is 3.73. The second-order valence-electron chi connectivity index (χ2n) is 2.72. The van der Waals surface area contributed by atoms with Crippen LogP contribution in [0.15, 0.2) is 21.5 Å². The van der Waals surface area contributed by atoms with Crippen molar-refractivity contribution in [3.8, 4) is 6.07 Å². The van der Waals surface area contributed by atoms with Gasteiger partial charge in [-0.2, -0.15) is 5.26 Å². The standard InChI is InChI=1S/C8H3BrClF2NO2S/c9-7-4(3-13)1-5(16(10,14)15)2-6(7)8(11)12/h1-2,8H. The Morgan fingerprint density at radius 1 is 1.44 bits per heavy atom. The van der Waals surface area contributed by atoms with E-state index in [4.69, 9.17) is 15.9 Å². The van der Waals surface area contributed by atoms with E-state index in [2.05, 4.69) is 15.9 Å². The van der Waals surface area contributed by atoms with Gasteiger partial charge in [0.25, 0.3) is 15.5 Å². The summed E-state index contributed by atoms with van der Waals surface area (Å²) in [7, 11) is 0.878. The zero-order valence-electron chi connectivity index (χ0n) is 7.42. The number of hydrogen-bond donors (Lipinski definition) is 0. The molecule has 0 N–H and O–H groups in total. The summed E-state index contributed by atoms with van der Waals surface area (Å²) in [5, 5.41) is 8.65. The highest BCUT2D eigenvalue weighted by atomic mass is 79.9. The second-order valence-corrected chi connectivity index (χ2v) is 6.08. The Morgan fingerprint density at radius 3 is 2.38 bits per heavy atom. The molecule has 0 aliphatic rings. The van der Waals surface area contributed by atoms with E-state index in [-0.39, 0.29) is 10.0 Å². The van der Waals surface area contributed by atoms with Crippen LogP contribution in [0.25, 0.3) is 0 Å². The predicted octanol–water partition coefficient (Wildman–Crippen LogP) is 3.19. The first kappa shape index (κ1) is 13.4. The molecule has 0 atom stereocenters. The van der Waals surface area contributed by atoms with Gasteiger partial charge in [0.1, 0.15) is 6.07 Å². The van der Waals surface area contributed by atoms with Crippen LogP contribution in [0.1, 0.15) is 17.6 Å². The van der Waals surface area contributed by atoms with E-state index in [9.17, 15) is 17.2 Å². The van der Waals surface area contributed by atoms with Crippen LogP contribution < -0.4 is 0 Å². The fourth-order valence-corrected chi connectivity index (χ4v) is 2.28. The van der Waals surface area contributed by atoms with Crippen LogP contribution in [-0.4, -0.2) is 8.42 Å². The van der Waals surface area contributed by atoms with E-state index >= 15 is 0 Å². The third-order valence-electron chi connectivity index (χ3n) is 1.71. The molecule has 86 valence electrons. The number of benzene rings is 1. The van der Waals surface area contributed by atoms with Gasteiger partial charge in [0.2, 0.25) is 0 Å². The van der Waals surface area contributed by atoms with Gasteiger partial charge in [0.15, 0.2) is 0 Å². The van der Waals surface area contributed by atoms with Gasteiger partial charge in [0, 0.05) is 20.7 Å². The van der Waals surface area contributed by atoms with Gasteiger partial charge < -0.3 is 0 Å². The van der Waals surface area contributed by atoms with Gasteiger partial charge in [0.05, 0.1) is 10.5 Å². The van der Waals surface area contributed by atoms with Crippen molar-refractivity contribution < 1.29 is 17.2 Å². The highest BCUT2D eigenvalue weighted by Crippen LogP contribution is 2.33. The average molecular weight is 331 g/mol. The molecule has 0 aliphatic heterocycles. The maximum atomic E-state index is 12.5. The van der Waals surface area contributed by atoms with Crippen molar-refractivity contribution in [1.29, 1.82) is 5.26 Å². The minimum atomic E-state index is -4.14. The molecule has 0 aliphatic carbocycles. The zero-order chi connectivity index (χ0) is 12.5. The summed E-state index contributed by atoms with van der Waals surface area (Å²) < 4.78 is 46.9. The molecule has 0 bridgehead atoms. The minimum absolute atomic E-state index is 0.130. The molecule has 1 rings (SSSR count). The van der Waals surface area contributed by atoms with E-state index in [0.29, 0.717) is 0 Å². The number of rotatable bonds is 2. The fraction of sp³-hybridized carbons (Fsp3) is 0.125. The summed E-state index contributed by atoms with van der Waals surface area (Å²) in [6.07, 6.45) is -2.90. The molecule has 0 fully saturated rings. The van der Waals surface area contributed by atoms with Gasteiger partial charge in [-0.15, -0.1) is 0 Å². The molecule has 8 heteroatoms. The van der Waals surface area contributed by atoms with Crippen molar-refractivity contribution >= 4 is 35.7 Å². The molecule has 0 heterocycles. The van der Waals surface area contributed by atoms with E-state index in [1.807, 2.05) is 0 Å². The minimum Gasteiger partial charge on any atom is -0.207 e. The summed E-state index contributed by atoms with van der Waals surface area (Å²) in [6.45, 7) is 0. The number of alkyl halides is 2. The smallest absolute Gasteiger partial charge is 0.207 e. The Hall–Kier alpha value is -0.710. The second kappa shape index (κ2) is 4.65. The molecule has 0 saturated carbocycles. The lowest BCUT2D eigenvalue weighted by Gasteiger charge is -2.06. The monoisotopic (exact) mass is 329 g/mol. The summed E-state index contributed by atoms with van der Waals surface area (Å²) in [4.78, 5) is -0.524. The first-order valence-corrected chi connectivity index (χ1v) is 6.84. The number of nitrogens with zero attached hydrogens (tertiary/aromatic N) is 1. The molecule has 3 nitrogen and oxygen atoms in total. The lowest BCUT2D eigenvalue weighted by atomic mass is 10.1. The fourth-order valence-electron chi connectivity index (χ4n) is 1.00. The normalized spacial score (nSPS) is 11.5. The van der Waals surface area contributed by atoms with Gasteiger partial charge in [-0.05, 0) is 28.1 Å². The molecular formula is C8H3BrClF2NO2S. The third kappa shape index (κ3) is 2.70. The Balaban J connectivity index is 3.61. The maximum Gasteiger partial charge on any atom is 0.265 e. The van der Waals surface area contributed by atoms with Gasteiger partial charge in [-0.1, -0.05) is 0 Å². The molecule has 1 aromatic rings. The topological polar surface area (TPSA) is 57.9 Å². The van der Waals surface area contributed by atoms with Crippen LogP contribution in [0.4, 0.5) is 8.78 Å². The van der Waals surface area contributed by atoms with Crippen LogP contribution >= 0.6 is 26.6 Å². The number of hydrogen-bond acceptors (Lipinski definition) is 3. The Labute approximate surface area is 103 Å². The Morgan fingerprint density at radius 2 is 2.00 bits per heavy atom. The predicted molar refractivity (Wildman–Crippen MR) is 56.9 cm³/mol. The highest BCUT2D eigenvalue weighted by molar-refractivity contribution is 9.10. The Bertz CT molecular complexity index is 568. The van der Waals surface area contributed by atoms with E-state index in [0.717, 1.165) is 12.1 Å². The zero-order valence-corrected chi connectivity index (χ0v) is 10.6. The summed E-state index contributed by atoms with van der Waals surface area (Å²) in [5.74, 6) is 0. The quantitative estimate of drug-likeness (QED) is 0.783. The molecule has 16 heavy (non-hydrogen) atoms. The largest absolute Gasteiger partial charge is 0.265 e. The molecule has 0 aromatic heterocycles. The van der Waals surface area contributed by atoms with Crippen molar-refractivity contribution in [2.24, 2.45) is 0 Å². The van der Waals surface area contributed by atoms with Crippen molar-refractivity contribution in [1.82, 2.24) is 0 Å². The van der Waals surface area contributed by atoms with Crippen molar-refractivity contribution in [2.45, 2.75) is 11.3 Å². The van der Waals surface area contributed by atoms with Crippen LogP contribution in [-0.2, 0) is 9.05 Å². The van der Waals surface area contributed by atoms with Gasteiger partial charge in [-0.3, -0.25) is 0 Å². The highest BCUT2D eigenvalue weighted by Gasteiger charge is 2.20. The molecule has 0 amide bonds. The third-order valence-corrected chi connectivity index (χ3v) is 3.93. The maximum absolute atomic E-state index is 12.5. The number of nitriles is 1. The number of halogens is 4. The summed E-state index contributed by atoms with van der Waals surface area (Å²) in [5.41, 5.74) is -0.796. The van der Waals surface area contributed by atoms with Crippen LogP contribution in [0, 0.1) is 11.3 Å². The molecule has 1 aromatic carbocycles.